The van der Waals surface area contributed by atoms with Crippen molar-refractivity contribution in [2.45, 2.75) is 245 Å². The number of quaternary nitrogens is 1. The van der Waals surface area contributed by atoms with Crippen LogP contribution in [0.5, 0.6) is 0 Å². The molecular formula is C57H105NO8P+. The maximum atomic E-state index is 12.8. The van der Waals surface area contributed by atoms with E-state index in [1.54, 1.807) is 0 Å². The summed E-state index contributed by atoms with van der Waals surface area (Å²) in [7, 11) is 1.48. The molecule has 0 radical (unpaired) electrons. The van der Waals surface area contributed by atoms with E-state index in [-0.39, 0.29) is 25.6 Å². The number of phosphoric ester groups is 1. The predicted molar refractivity (Wildman–Crippen MR) is 284 cm³/mol. The number of allylic oxidation sites excluding steroid dienone is 10. The summed E-state index contributed by atoms with van der Waals surface area (Å²) in [4.78, 5) is 35.5. The summed E-state index contributed by atoms with van der Waals surface area (Å²) in [5.41, 5.74) is 0. The van der Waals surface area contributed by atoms with Crippen molar-refractivity contribution < 1.29 is 42.1 Å². The Morgan fingerprint density at radius 3 is 1.27 bits per heavy atom. The maximum absolute atomic E-state index is 12.8. The number of carbonyl (C=O) groups excluding carboxylic acids is 2. The zero-order chi connectivity index (χ0) is 49.2. The van der Waals surface area contributed by atoms with E-state index < -0.39 is 26.5 Å². The lowest BCUT2D eigenvalue weighted by Gasteiger charge is -2.24. The fourth-order valence-electron chi connectivity index (χ4n) is 7.57. The second kappa shape index (κ2) is 48.7. The van der Waals surface area contributed by atoms with Gasteiger partial charge in [0.1, 0.15) is 19.8 Å². The van der Waals surface area contributed by atoms with Crippen LogP contribution in [-0.2, 0) is 32.7 Å². The Hall–Kier alpha value is -2.29. The molecule has 67 heavy (non-hydrogen) atoms. The Kier molecular flexibility index (Phi) is 47.1. The fraction of sp³-hybridized carbons (Fsp3) is 0.789. The molecule has 2 atom stereocenters. The van der Waals surface area contributed by atoms with Crippen LogP contribution in [0, 0.1) is 0 Å². The minimum Gasteiger partial charge on any atom is -0.462 e. The predicted octanol–water partition coefficient (Wildman–Crippen LogP) is 16.8. The number of unbranched alkanes of at least 4 members (excludes halogenated alkanes) is 26. The first-order chi connectivity index (χ1) is 32.5. The van der Waals surface area contributed by atoms with E-state index in [4.69, 9.17) is 18.5 Å². The van der Waals surface area contributed by atoms with Crippen LogP contribution in [0.25, 0.3) is 0 Å². The van der Waals surface area contributed by atoms with Gasteiger partial charge in [0.15, 0.2) is 6.10 Å². The van der Waals surface area contributed by atoms with E-state index in [0.29, 0.717) is 23.9 Å². The standard InChI is InChI=1S/C57H104NO8P/c1-6-8-10-12-14-16-18-19-20-21-22-23-24-25-26-27-28-29-30-31-32-33-34-35-36-37-38-39-40-42-44-46-48-50-57(60)66-55(54-65-67(61,62)64-52-51-58(3,4)5)53-63-56(59)49-47-45-43-41-17-15-13-11-9-7-2/h8,10,14,16,19-20,22-23,25-26,55H,6-7,9,11-13,15,17-18,21,24,27-54H2,1-5H3/p+1/b10-8-,16-14-,20-19-,23-22-,26-25-. The highest BCUT2D eigenvalue weighted by Gasteiger charge is 2.27. The number of phosphoric acid groups is 1. The van der Waals surface area contributed by atoms with E-state index in [1.807, 2.05) is 21.1 Å². The van der Waals surface area contributed by atoms with Gasteiger partial charge in [0.25, 0.3) is 0 Å². The van der Waals surface area contributed by atoms with E-state index in [2.05, 4.69) is 74.6 Å². The molecule has 2 unspecified atom stereocenters. The highest BCUT2D eigenvalue weighted by molar-refractivity contribution is 7.47. The third-order valence-corrected chi connectivity index (χ3v) is 12.8. The number of hydrogen-bond donors (Lipinski definition) is 1. The molecular weight excluding hydrogens is 858 g/mol. The van der Waals surface area contributed by atoms with Crippen LogP contribution in [0.3, 0.4) is 0 Å². The average molecular weight is 963 g/mol. The molecule has 0 aliphatic carbocycles. The molecule has 0 spiro atoms. The normalized spacial score (nSPS) is 13.8. The molecule has 0 aliphatic heterocycles. The number of ether oxygens (including phenoxy) is 2. The number of nitrogens with zero attached hydrogens (tertiary/aromatic N) is 1. The molecule has 1 N–H and O–H groups in total. The van der Waals surface area contributed by atoms with Gasteiger partial charge >= 0.3 is 19.8 Å². The van der Waals surface area contributed by atoms with Gasteiger partial charge in [-0.15, -0.1) is 0 Å². The van der Waals surface area contributed by atoms with Gasteiger partial charge in [-0.3, -0.25) is 18.6 Å². The number of rotatable bonds is 50. The minimum atomic E-state index is -4.38. The van der Waals surface area contributed by atoms with Crippen molar-refractivity contribution >= 4 is 19.8 Å². The van der Waals surface area contributed by atoms with Crippen molar-refractivity contribution in [1.29, 1.82) is 0 Å². The molecule has 0 saturated heterocycles. The van der Waals surface area contributed by atoms with Crippen molar-refractivity contribution in [1.82, 2.24) is 0 Å². The first-order valence-electron chi connectivity index (χ1n) is 27.5. The summed E-state index contributed by atoms with van der Waals surface area (Å²) < 4.78 is 34.4. The molecule has 0 aromatic rings. The lowest BCUT2D eigenvalue weighted by molar-refractivity contribution is -0.870. The molecule has 390 valence electrons. The third-order valence-electron chi connectivity index (χ3n) is 11.8. The number of likely N-dealkylation sites (N-methyl/N-ethyl adjacent to an activating group) is 1. The average Bonchev–Trinajstić information content (AvgIpc) is 3.29. The first kappa shape index (κ1) is 64.7. The van der Waals surface area contributed by atoms with Gasteiger partial charge in [0.05, 0.1) is 27.7 Å². The van der Waals surface area contributed by atoms with Gasteiger partial charge in [-0.05, 0) is 57.8 Å². The Labute approximate surface area is 413 Å². The topological polar surface area (TPSA) is 108 Å². The van der Waals surface area contributed by atoms with E-state index in [0.717, 1.165) is 64.2 Å². The van der Waals surface area contributed by atoms with Gasteiger partial charge in [-0.1, -0.05) is 229 Å². The monoisotopic (exact) mass is 963 g/mol. The quantitative estimate of drug-likeness (QED) is 0.0211. The van der Waals surface area contributed by atoms with Gasteiger partial charge in [0.2, 0.25) is 0 Å². The molecule has 0 amide bonds. The van der Waals surface area contributed by atoms with Crippen LogP contribution < -0.4 is 0 Å². The summed E-state index contributed by atoms with van der Waals surface area (Å²) in [5.74, 6) is -0.792. The lowest BCUT2D eigenvalue weighted by atomic mass is 10.0. The van der Waals surface area contributed by atoms with Crippen molar-refractivity contribution in [2.24, 2.45) is 0 Å². The SMILES string of the molecule is CC/C=C\C/C=C\C/C=C\C/C=C\C/C=C\CCCCCCCCCCCCCCCCCCCC(=O)OC(COC(=O)CCCCCCCCCCCC)COP(=O)(O)OCC[N+](C)(C)C. The van der Waals surface area contributed by atoms with Crippen LogP contribution in [0.15, 0.2) is 60.8 Å². The molecule has 0 aromatic carbocycles. The molecule has 9 nitrogen and oxygen atoms in total. The molecule has 0 aliphatic rings. The summed E-state index contributed by atoms with van der Waals surface area (Å²) in [6.45, 7) is 4.31. The minimum absolute atomic E-state index is 0.0326. The van der Waals surface area contributed by atoms with Crippen molar-refractivity contribution in [3.05, 3.63) is 60.8 Å². The number of hydrogen-bond acceptors (Lipinski definition) is 7. The Bertz CT molecular complexity index is 1320. The summed E-state index contributed by atoms with van der Waals surface area (Å²) in [5, 5.41) is 0. The summed E-state index contributed by atoms with van der Waals surface area (Å²) in [6.07, 6.45) is 61.6. The smallest absolute Gasteiger partial charge is 0.462 e. The van der Waals surface area contributed by atoms with Gasteiger partial charge in [-0.2, -0.15) is 0 Å². The van der Waals surface area contributed by atoms with Gasteiger partial charge < -0.3 is 18.9 Å². The summed E-state index contributed by atoms with van der Waals surface area (Å²) >= 11 is 0. The van der Waals surface area contributed by atoms with Gasteiger partial charge in [-0.25, -0.2) is 4.57 Å². The fourth-order valence-corrected chi connectivity index (χ4v) is 8.31. The van der Waals surface area contributed by atoms with Crippen LogP contribution in [-0.4, -0.2) is 74.9 Å². The van der Waals surface area contributed by atoms with Crippen molar-refractivity contribution in [3.63, 3.8) is 0 Å². The van der Waals surface area contributed by atoms with E-state index in [9.17, 15) is 19.0 Å². The van der Waals surface area contributed by atoms with E-state index >= 15 is 0 Å². The Morgan fingerprint density at radius 2 is 0.851 bits per heavy atom. The molecule has 0 heterocycles. The van der Waals surface area contributed by atoms with Crippen molar-refractivity contribution in [3.8, 4) is 0 Å². The molecule has 0 fully saturated rings. The molecule has 0 bridgehead atoms. The van der Waals surface area contributed by atoms with Gasteiger partial charge in [0, 0.05) is 12.8 Å². The highest BCUT2D eigenvalue weighted by Crippen LogP contribution is 2.43. The van der Waals surface area contributed by atoms with Crippen LogP contribution in [0.4, 0.5) is 0 Å². The van der Waals surface area contributed by atoms with E-state index in [1.165, 1.54) is 141 Å². The zero-order valence-electron chi connectivity index (χ0n) is 44.1. The maximum Gasteiger partial charge on any atom is 0.472 e. The molecule has 0 saturated carbocycles. The van der Waals surface area contributed by atoms with Crippen LogP contribution in [0.1, 0.15) is 239 Å². The Balaban J connectivity index is 3.99. The van der Waals surface area contributed by atoms with Crippen molar-refractivity contribution in [2.75, 3.05) is 47.5 Å². The zero-order valence-corrected chi connectivity index (χ0v) is 45.0. The van der Waals surface area contributed by atoms with Crippen LogP contribution in [0.2, 0.25) is 0 Å². The highest BCUT2D eigenvalue weighted by atomic mass is 31.2. The molecule has 0 aromatic heterocycles. The molecule has 0 rings (SSSR count). The number of esters is 2. The largest absolute Gasteiger partial charge is 0.472 e. The first-order valence-corrected chi connectivity index (χ1v) is 29.0. The number of carbonyl (C=O) groups is 2. The summed E-state index contributed by atoms with van der Waals surface area (Å²) in [6, 6.07) is 0. The van der Waals surface area contributed by atoms with Crippen LogP contribution >= 0.6 is 7.82 Å². The second-order valence-corrected chi connectivity index (χ2v) is 21.0. The second-order valence-electron chi connectivity index (χ2n) is 19.6. The third kappa shape index (κ3) is 52.9. The lowest BCUT2D eigenvalue weighted by Crippen LogP contribution is -2.37. The Morgan fingerprint density at radius 1 is 0.478 bits per heavy atom. The molecule has 10 heteroatoms.